The highest BCUT2D eigenvalue weighted by Gasteiger charge is 2.48. The van der Waals surface area contributed by atoms with Gasteiger partial charge in [-0.05, 0) is 111 Å². The Morgan fingerprint density at radius 3 is 2.04 bits per heavy atom. The van der Waals surface area contributed by atoms with Crippen molar-refractivity contribution in [1.82, 2.24) is 57.3 Å². The molecule has 23 nitrogen and oxygen atoms in total. The summed E-state index contributed by atoms with van der Waals surface area (Å²) in [7, 11) is 4.14. The molecule has 1 aromatic heterocycles. The number of thioether (sulfide) groups is 2. The maximum absolute atomic E-state index is 15.4. The van der Waals surface area contributed by atoms with Crippen molar-refractivity contribution in [3.05, 3.63) is 136 Å². The molecule has 6 bridgehead atoms. The summed E-state index contributed by atoms with van der Waals surface area (Å²) < 4.78 is 26.1. The van der Waals surface area contributed by atoms with Gasteiger partial charge in [-0.15, -0.1) is 0 Å². The first-order valence-electron chi connectivity index (χ1n) is 31.2. The monoisotopic (exact) mass is 1320 g/mol. The number of hydrogen-bond acceptors (Lipinski definition) is 14. The molecule has 93 heavy (non-hydrogen) atoms. The van der Waals surface area contributed by atoms with Crippen molar-refractivity contribution < 1.29 is 61.8 Å². The lowest BCUT2D eigenvalue weighted by Crippen LogP contribution is -2.63. The average Bonchev–Trinajstić information content (AvgIpc) is 1.72. The smallest absolute Gasteiger partial charge is 0.246 e. The Balaban J connectivity index is 1.15. The maximum Gasteiger partial charge on any atom is 0.246 e. The Morgan fingerprint density at radius 2 is 1.32 bits per heavy atom. The van der Waals surface area contributed by atoms with Gasteiger partial charge in [0.15, 0.2) is 0 Å². The number of likely N-dealkylation sites (N-methyl/N-ethyl adjacent to an activating group) is 1. The first-order valence-corrected chi connectivity index (χ1v) is 33.5. The number of hydrogen-bond donors (Lipinski definition) is 9. The van der Waals surface area contributed by atoms with Crippen LogP contribution >= 0.6 is 23.5 Å². The first-order chi connectivity index (χ1) is 44.5. The molecule has 498 valence electrons. The third-order valence-corrected chi connectivity index (χ3v) is 19.2. The van der Waals surface area contributed by atoms with Crippen LogP contribution in [0.5, 0.6) is 5.75 Å². The van der Waals surface area contributed by atoms with Crippen molar-refractivity contribution >= 4 is 93.5 Å². The zero-order chi connectivity index (χ0) is 66.9. The maximum atomic E-state index is 15.4. The van der Waals surface area contributed by atoms with Gasteiger partial charge < -0.3 is 66.8 Å². The predicted octanol–water partition coefficient (Wildman–Crippen LogP) is 3.63. The molecule has 9 atom stereocenters. The van der Waals surface area contributed by atoms with Gasteiger partial charge in [0.1, 0.15) is 59.4 Å². The van der Waals surface area contributed by atoms with E-state index in [1.54, 1.807) is 85.2 Å². The zero-order valence-electron chi connectivity index (χ0n) is 53.5. The number of amides is 10. The fraction of sp³-hybridized carbons (Fsp3) is 0.463. The minimum Gasteiger partial charge on any atom is -0.497 e. The van der Waals surface area contributed by atoms with Crippen LogP contribution in [0.1, 0.15) is 93.2 Å². The Labute approximate surface area is 549 Å². The van der Waals surface area contributed by atoms with E-state index in [4.69, 9.17) is 9.47 Å². The number of methoxy groups -OCH3 is 2. The van der Waals surface area contributed by atoms with E-state index in [1.165, 1.54) is 65.1 Å². The number of carbonyl (C=O) groups excluding carboxylic acids is 10. The topological polar surface area (TPSA) is 308 Å². The number of halogens is 1. The molecule has 1 saturated heterocycles. The molecule has 5 aromatic rings. The number of carbonyl (C=O) groups is 10. The van der Waals surface area contributed by atoms with E-state index >= 15 is 24.0 Å². The molecule has 8 rings (SSSR count). The zero-order valence-corrected chi connectivity index (χ0v) is 55.1. The van der Waals surface area contributed by atoms with Crippen LogP contribution in [0.3, 0.4) is 0 Å². The number of aromatic amines is 1. The molecule has 0 unspecified atom stereocenters. The number of nitrogens with one attached hydrogen (secondary N) is 9. The Kier molecular flexibility index (Phi) is 24.9. The van der Waals surface area contributed by atoms with Crippen LogP contribution in [0, 0.1) is 5.82 Å². The molecule has 0 radical (unpaired) electrons. The molecule has 0 spiro atoms. The highest BCUT2D eigenvalue weighted by molar-refractivity contribution is 7.98. The average molecular weight is 1320 g/mol. The summed E-state index contributed by atoms with van der Waals surface area (Å²) in [6.07, 6.45) is 0.271. The van der Waals surface area contributed by atoms with Gasteiger partial charge in [-0.25, -0.2) is 4.39 Å². The van der Waals surface area contributed by atoms with Gasteiger partial charge in [0.2, 0.25) is 59.1 Å². The van der Waals surface area contributed by atoms with Crippen molar-refractivity contribution in [2.24, 2.45) is 0 Å². The minimum absolute atomic E-state index is 0.00428. The molecule has 9 N–H and O–H groups in total. The summed E-state index contributed by atoms with van der Waals surface area (Å²) in [4.78, 5) is 151. The Hall–Kier alpha value is -8.49. The molecule has 3 aliphatic rings. The standard InChI is InChI=1S/C67H84FN11O12S2/c1-39-59(82)73-40(2)60(83)74-52-32-43-11-8-12-44(29-43)35-71-56(80)22-21-55(78(5)64(87)54(75-61(52)84)33-47-36-70-51-20-17-48(68)34-50(47)51)62(85)77-58(41(3)90-6)63(86)76-53(31-42-15-18-49(91-7)19-16-42)65(88)79-26-10-24-67(79,4)66(89)69-25-28-93-38-46-14-9-13-45(30-46)37-92-27-23-57(81)72-39/h8-9,11-20,29-30,34,36,39-41,52-55,58,70H,10,21-28,31-33,35,37-38H2,1-7H3,(H,69,89)(H,71,80)(H,72,81)(H,73,82)(H,74,83)(H,75,84)(H,76,86)(H,77,85)/t39-,40+,41+,52-,53-,54-,55-,58-,67-/m0/s1. The van der Waals surface area contributed by atoms with Gasteiger partial charge in [0.05, 0.1) is 13.2 Å². The quantitative estimate of drug-likeness (QED) is 0.113. The molecule has 4 aromatic carbocycles. The third-order valence-electron chi connectivity index (χ3n) is 17.2. The van der Waals surface area contributed by atoms with Gasteiger partial charge in [0, 0.05) is 106 Å². The second-order valence-corrected chi connectivity index (χ2v) is 26.2. The Bertz CT molecular complexity index is 3540. The lowest BCUT2D eigenvalue weighted by molar-refractivity contribution is -0.147. The SMILES string of the molecule is COc1ccc(C[C@@H]2NC(=O)[C@H]([C@@H](C)OC)NC(=O)[C@@H]3CCC(=O)NCc4cccc(c4)C[C@H](NC(=O)[C@@H](C)NC(=O)[C@H](C)NC(=O)CCSCc4cccc(c4)CSCCNC(=O)[C@]4(C)CCCN4C2=O)C(=O)N[C@@H](Cc2c[nH]c4ccc(F)cc24)C(=O)N3C)cc1. The van der Waals surface area contributed by atoms with Crippen LogP contribution in [0.4, 0.5) is 4.39 Å². The van der Waals surface area contributed by atoms with E-state index < -0.39 is 107 Å². The predicted molar refractivity (Wildman–Crippen MR) is 352 cm³/mol. The van der Waals surface area contributed by atoms with E-state index in [-0.39, 0.29) is 63.4 Å². The van der Waals surface area contributed by atoms with Crippen LogP contribution in [0.15, 0.2) is 97.2 Å². The summed E-state index contributed by atoms with van der Waals surface area (Å²) in [5.41, 5.74) is 3.52. The van der Waals surface area contributed by atoms with Crippen LogP contribution in [-0.2, 0) is 90.0 Å². The van der Waals surface area contributed by atoms with Crippen LogP contribution in [0.2, 0.25) is 0 Å². The second kappa shape index (κ2) is 32.9. The van der Waals surface area contributed by atoms with E-state index in [2.05, 4.69) is 53.6 Å². The van der Waals surface area contributed by atoms with E-state index in [0.717, 1.165) is 16.0 Å². The summed E-state index contributed by atoms with van der Waals surface area (Å²) in [6, 6.07) is 16.2. The molecule has 26 heteroatoms. The number of fused-ring (bicyclic) bond motifs is 12. The van der Waals surface area contributed by atoms with Crippen molar-refractivity contribution in [2.45, 2.75) is 151 Å². The molecule has 0 saturated carbocycles. The largest absolute Gasteiger partial charge is 0.497 e. The molecule has 10 amide bonds. The molecule has 0 aliphatic carbocycles. The normalized spacial score (nSPS) is 25.0. The van der Waals surface area contributed by atoms with Crippen molar-refractivity contribution in [3.8, 4) is 5.75 Å². The van der Waals surface area contributed by atoms with Gasteiger partial charge in [0.25, 0.3) is 0 Å². The minimum atomic E-state index is -1.56. The van der Waals surface area contributed by atoms with Crippen molar-refractivity contribution in [3.63, 3.8) is 0 Å². The first kappa shape index (κ1) is 70.4. The third kappa shape index (κ3) is 18.9. The highest BCUT2D eigenvalue weighted by atomic mass is 32.2. The molecular formula is C67H84FN11O12S2. The second-order valence-electron chi connectivity index (χ2n) is 24.0. The van der Waals surface area contributed by atoms with Crippen molar-refractivity contribution in [1.29, 1.82) is 0 Å². The van der Waals surface area contributed by atoms with Crippen LogP contribution in [0.25, 0.3) is 10.9 Å². The number of rotatable bonds is 7. The van der Waals surface area contributed by atoms with Gasteiger partial charge in [-0.1, -0.05) is 60.7 Å². The number of aromatic nitrogens is 1. The lowest BCUT2D eigenvalue weighted by atomic mass is 9.95. The van der Waals surface area contributed by atoms with Crippen molar-refractivity contribution in [2.75, 3.05) is 45.9 Å². The summed E-state index contributed by atoms with van der Waals surface area (Å²) in [5, 5.41) is 22.8. The van der Waals surface area contributed by atoms with Crippen LogP contribution in [-0.4, -0.2) is 174 Å². The fourth-order valence-corrected chi connectivity index (χ4v) is 13.3. The Morgan fingerprint density at radius 1 is 0.667 bits per heavy atom. The van der Waals surface area contributed by atoms with Gasteiger partial charge in [-0.3, -0.25) is 47.9 Å². The fourth-order valence-electron chi connectivity index (χ4n) is 11.6. The molecule has 4 heterocycles. The number of benzene rings is 4. The molecular weight excluding hydrogens is 1230 g/mol. The van der Waals surface area contributed by atoms with E-state index in [0.29, 0.717) is 81.3 Å². The molecule has 3 aliphatic heterocycles. The summed E-state index contributed by atoms with van der Waals surface area (Å²) >= 11 is 3.17. The highest BCUT2D eigenvalue weighted by Crippen LogP contribution is 2.31. The number of H-pyrrole nitrogens is 1. The van der Waals surface area contributed by atoms with E-state index in [9.17, 15) is 28.4 Å². The van der Waals surface area contributed by atoms with Gasteiger partial charge in [-0.2, -0.15) is 23.5 Å². The number of nitrogens with zero attached hydrogens (tertiary/aromatic N) is 2. The van der Waals surface area contributed by atoms with E-state index in [1.807, 2.05) is 18.2 Å². The number of ether oxygens (including phenoxy) is 2. The van der Waals surface area contributed by atoms with Gasteiger partial charge >= 0.3 is 0 Å². The molecule has 1 fully saturated rings. The lowest BCUT2D eigenvalue weighted by Gasteiger charge is -2.37. The van der Waals surface area contributed by atoms with Crippen LogP contribution < -0.4 is 47.3 Å². The summed E-state index contributed by atoms with van der Waals surface area (Å²) in [5.74, 6) is -4.48. The summed E-state index contributed by atoms with van der Waals surface area (Å²) in [6.45, 7) is 6.63.